The normalized spacial score (nSPS) is 14.1. The second-order valence-corrected chi connectivity index (χ2v) is 5.59. The molecule has 0 atom stereocenters. The predicted molar refractivity (Wildman–Crippen MR) is 86.4 cm³/mol. The smallest absolute Gasteiger partial charge is 0.336 e. The standard InChI is InChI=1S/C17H19N3O3/c1-4-5-10-17(18-19-17)11-9-15(21)20(3)14-8-6-7-13(12(14)2)16(22)23/h1,6-8H,5,9-11H2,2-3H3,(H,22,23). The molecule has 1 aliphatic heterocycles. The van der Waals surface area contributed by atoms with Gasteiger partial charge in [0.25, 0.3) is 0 Å². The minimum absolute atomic E-state index is 0.104. The third-order valence-electron chi connectivity index (χ3n) is 4.06. The summed E-state index contributed by atoms with van der Waals surface area (Å²) in [6.07, 6.45) is 7.29. The van der Waals surface area contributed by atoms with E-state index in [4.69, 9.17) is 11.5 Å². The molecule has 0 aromatic heterocycles. The van der Waals surface area contributed by atoms with Crippen molar-refractivity contribution in [1.82, 2.24) is 0 Å². The monoisotopic (exact) mass is 313 g/mol. The number of hydrogen-bond donors (Lipinski definition) is 1. The Balaban J connectivity index is 2.02. The van der Waals surface area contributed by atoms with E-state index in [0.29, 0.717) is 30.5 Å². The number of hydrogen-bond acceptors (Lipinski definition) is 4. The summed E-state index contributed by atoms with van der Waals surface area (Å²) in [7, 11) is 1.64. The largest absolute Gasteiger partial charge is 0.478 e. The van der Waals surface area contributed by atoms with E-state index < -0.39 is 11.6 Å². The highest BCUT2D eigenvalue weighted by atomic mass is 16.4. The number of anilines is 1. The van der Waals surface area contributed by atoms with Gasteiger partial charge in [0.2, 0.25) is 5.91 Å². The number of carboxylic acids is 1. The molecular formula is C17H19N3O3. The molecule has 0 radical (unpaired) electrons. The van der Waals surface area contributed by atoms with Gasteiger partial charge in [0.05, 0.1) is 5.56 Å². The fourth-order valence-electron chi connectivity index (χ4n) is 2.50. The number of nitrogens with zero attached hydrogens (tertiary/aromatic N) is 3. The van der Waals surface area contributed by atoms with E-state index >= 15 is 0 Å². The molecule has 1 heterocycles. The molecule has 6 heteroatoms. The Labute approximate surface area is 135 Å². The van der Waals surface area contributed by atoms with E-state index in [2.05, 4.69) is 16.1 Å². The van der Waals surface area contributed by atoms with Crippen molar-refractivity contribution in [2.24, 2.45) is 10.2 Å². The van der Waals surface area contributed by atoms with Gasteiger partial charge in [-0.1, -0.05) is 6.07 Å². The van der Waals surface area contributed by atoms with Gasteiger partial charge < -0.3 is 10.0 Å². The first-order chi connectivity index (χ1) is 10.9. The second-order valence-electron chi connectivity index (χ2n) is 5.59. The Bertz CT molecular complexity index is 698. The van der Waals surface area contributed by atoms with Crippen LogP contribution >= 0.6 is 0 Å². The number of carbonyl (C=O) groups is 2. The van der Waals surface area contributed by atoms with Crippen LogP contribution in [0.1, 0.15) is 41.6 Å². The molecule has 1 N–H and O–H groups in total. The van der Waals surface area contributed by atoms with Crippen molar-refractivity contribution >= 4 is 17.6 Å². The zero-order valence-electron chi connectivity index (χ0n) is 13.2. The highest BCUT2D eigenvalue weighted by molar-refractivity contribution is 5.97. The van der Waals surface area contributed by atoms with Crippen LogP contribution < -0.4 is 4.90 Å². The number of terminal acetylenes is 1. The van der Waals surface area contributed by atoms with E-state index in [1.54, 1.807) is 26.1 Å². The molecule has 0 unspecified atom stereocenters. The molecule has 6 nitrogen and oxygen atoms in total. The maximum atomic E-state index is 12.4. The summed E-state index contributed by atoms with van der Waals surface area (Å²) in [6.45, 7) is 1.70. The van der Waals surface area contributed by atoms with Crippen LogP contribution in [0.25, 0.3) is 0 Å². The molecule has 1 aliphatic rings. The average molecular weight is 313 g/mol. The first-order valence-electron chi connectivity index (χ1n) is 7.37. The number of rotatable bonds is 7. The molecule has 0 saturated carbocycles. The molecule has 23 heavy (non-hydrogen) atoms. The summed E-state index contributed by atoms with van der Waals surface area (Å²) < 4.78 is 0. The van der Waals surface area contributed by atoms with Crippen LogP contribution in [0.5, 0.6) is 0 Å². The summed E-state index contributed by atoms with van der Waals surface area (Å²) >= 11 is 0. The highest BCUT2D eigenvalue weighted by Crippen LogP contribution is 2.38. The molecule has 0 saturated heterocycles. The zero-order chi connectivity index (χ0) is 17.0. The van der Waals surface area contributed by atoms with Crippen molar-refractivity contribution in [3.05, 3.63) is 29.3 Å². The molecule has 1 aromatic rings. The summed E-state index contributed by atoms with van der Waals surface area (Å²) in [4.78, 5) is 25.1. The van der Waals surface area contributed by atoms with Crippen LogP contribution in [0.3, 0.4) is 0 Å². The highest BCUT2D eigenvalue weighted by Gasteiger charge is 2.39. The quantitative estimate of drug-likeness (QED) is 0.785. The minimum Gasteiger partial charge on any atom is -0.478 e. The Hall–Kier alpha value is -2.68. The SMILES string of the molecule is C#CCCC1(CCC(=O)N(C)c2cccc(C(=O)O)c2C)N=N1. The van der Waals surface area contributed by atoms with Crippen LogP contribution in [-0.2, 0) is 4.79 Å². The lowest BCUT2D eigenvalue weighted by atomic mass is 10.0. The lowest BCUT2D eigenvalue weighted by Gasteiger charge is -2.21. The fraction of sp³-hybridized carbons (Fsp3) is 0.412. The maximum Gasteiger partial charge on any atom is 0.336 e. The van der Waals surface area contributed by atoms with Gasteiger partial charge in [-0.15, -0.1) is 12.3 Å². The first-order valence-corrected chi connectivity index (χ1v) is 7.37. The third-order valence-corrected chi connectivity index (χ3v) is 4.06. The van der Waals surface area contributed by atoms with Gasteiger partial charge in [-0.25, -0.2) is 4.79 Å². The predicted octanol–water partition coefficient (Wildman–Crippen LogP) is 3.01. The van der Waals surface area contributed by atoms with Crippen molar-refractivity contribution < 1.29 is 14.7 Å². The molecular weight excluding hydrogens is 294 g/mol. The minimum atomic E-state index is -1.01. The maximum absolute atomic E-state index is 12.4. The van der Waals surface area contributed by atoms with Gasteiger partial charge >= 0.3 is 5.97 Å². The summed E-state index contributed by atoms with van der Waals surface area (Å²) in [5.41, 5.74) is 0.872. The molecule has 0 bridgehead atoms. The lowest BCUT2D eigenvalue weighted by molar-refractivity contribution is -0.118. The van der Waals surface area contributed by atoms with Crippen molar-refractivity contribution in [3.8, 4) is 12.3 Å². The van der Waals surface area contributed by atoms with E-state index in [1.807, 2.05) is 0 Å². The molecule has 1 aromatic carbocycles. The van der Waals surface area contributed by atoms with Gasteiger partial charge in [0, 0.05) is 38.4 Å². The molecule has 0 fully saturated rings. The number of carbonyl (C=O) groups excluding carboxylic acids is 1. The number of amides is 1. The molecule has 2 rings (SSSR count). The lowest BCUT2D eigenvalue weighted by Crippen LogP contribution is -2.28. The van der Waals surface area contributed by atoms with Gasteiger partial charge in [0.1, 0.15) is 0 Å². The van der Waals surface area contributed by atoms with Crippen molar-refractivity contribution in [1.29, 1.82) is 0 Å². The van der Waals surface area contributed by atoms with Gasteiger partial charge in [0.15, 0.2) is 5.66 Å². The average Bonchev–Trinajstić information content (AvgIpc) is 3.30. The van der Waals surface area contributed by atoms with Gasteiger partial charge in [-0.3, -0.25) is 4.79 Å². The van der Waals surface area contributed by atoms with E-state index in [9.17, 15) is 9.59 Å². The third kappa shape index (κ3) is 3.75. The second kappa shape index (κ2) is 6.61. The molecule has 0 spiro atoms. The Morgan fingerprint density at radius 3 is 2.61 bits per heavy atom. The van der Waals surface area contributed by atoms with Crippen LogP contribution in [-0.4, -0.2) is 29.7 Å². The molecule has 1 amide bonds. The Kier molecular flexibility index (Phi) is 4.80. The molecule has 0 aliphatic carbocycles. The van der Waals surface area contributed by atoms with Gasteiger partial charge in [-0.05, 0) is 24.6 Å². The van der Waals surface area contributed by atoms with Crippen LogP contribution in [0.4, 0.5) is 5.69 Å². The summed E-state index contributed by atoms with van der Waals surface area (Å²) in [5, 5.41) is 17.2. The Morgan fingerprint density at radius 1 is 1.35 bits per heavy atom. The van der Waals surface area contributed by atoms with Crippen molar-refractivity contribution in [3.63, 3.8) is 0 Å². The summed E-state index contributed by atoms with van der Waals surface area (Å²) in [6, 6.07) is 4.89. The van der Waals surface area contributed by atoms with Crippen LogP contribution in [0.2, 0.25) is 0 Å². The van der Waals surface area contributed by atoms with Crippen molar-refractivity contribution in [2.75, 3.05) is 11.9 Å². The Morgan fingerprint density at radius 2 is 2.04 bits per heavy atom. The van der Waals surface area contributed by atoms with Gasteiger partial charge in [-0.2, -0.15) is 10.2 Å². The fourth-order valence-corrected chi connectivity index (χ4v) is 2.50. The first kappa shape index (κ1) is 16.7. The van der Waals surface area contributed by atoms with E-state index in [1.165, 1.54) is 11.0 Å². The van der Waals surface area contributed by atoms with Crippen molar-refractivity contribution in [2.45, 2.75) is 38.3 Å². The number of benzene rings is 1. The van der Waals surface area contributed by atoms with E-state index in [0.717, 1.165) is 0 Å². The number of carboxylic acid groups (broad SMARTS) is 1. The molecule has 120 valence electrons. The van der Waals surface area contributed by atoms with Crippen LogP contribution in [0.15, 0.2) is 28.4 Å². The summed E-state index contributed by atoms with van der Waals surface area (Å²) in [5.74, 6) is 1.44. The van der Waals surface area contributed by atoms with Crippen LogP contribution in [0, 0.1) is 19.3 Å². The zero-order valence-corrected chi connectivity index (χ0v) is 13.2. The number of aromatic carboxylic acids is 1. The topological polar surface area (TPSA) is 82.3 Å². The van der Waals surface area contributed by atoms with E-state index in [-0.39, 0.29) is 17.9 Å².